The van der Waals surface area contributed by atoms with Crippen LogP contribution in [0.3, 0.4) is 0 Å². The molecule has 0 bridgehead atoms. The van der Waals surface area contributed by atoms with Gasteiger partial charge in [-0.1, -0.05) is 0 Å². The van der Waals surface area contributed by atoms with E-state index in [1.54, 1.807) is 0 Å². The molecule has 0 saturated heterocycles. The fourth-order valence-electron chi connectivity index (χ4n) is 1.66. The summed E-state index contributed by atoms with van der Waals surface area (Å²) in [7, 11) is -3.74. The fraction of sp³-hybridized carbons (Fsp3) is 0. The maximum atomic E-state index is 11.2. The van der Waals surface area contributed by atoms with Crippen LogP contribution in [-0.4, -0.2) is 32.5 Å². The Hall–Kier alpha value is -2.28. The molecule has 2 aromatic heterocycles. The predicted molar refractivity (Wildman–Crippen MR) is 85.3 cm³/mol. The molecule has 23 heavy (non-hydrogen) atoms. The van der Waals surface area contributed by atoms with Gasteiger partial charge in [0.1, 0.15) is 0 Å². The average molecular weight is 373 g/mol. The van der Waals surface area contributed by atoms with E-state index in [0.29, 0.717) is 10.8 Å². The van der Waals surface area contributed by atoms with Crippen molar-refractivity contribution in [3.8, 4) is 5.13 Å². The molecule has 13 heteroatoms. The molecule has 0 amide bonds. The fourth-order valence-corrected chi connectivity index (χ4v) is 2.95. The average Bonchev–Trinajstić information content (AvgIpc) is 3.04. The van der Waals surface area contributed by atoms with Crippen LogP contribution in [0.15, 0.2) is 29.2 Å². The third kappa shape index (κ3) is 3.39. The van der Waals surface area contributed by atoms with E-state index < -0.39 is 10.0 Å². The van der Waals surface area contributed by atoms with Gasteiger partial charge in [0, 0.05) is 17.2 Å². The molecule has 0 aliphatic rings. The molecular formula is C10H9ClN8O2S2. The predicted octanol–water partition coefficient (Wildman–Crippen LogP) is 0.745. The minimum Gasteiger partial charge on any atom is -0.368 e. The van der Waals surface area contributed by atoms with Gasteiger partial charge in [-0.15, -0.1) is 5.10 Å². The van der Waals surface area contributed by atoms with E-state index in [1.807, 2.05) is 0 Å². The Labute approximate surface area is 139 Å². The van der Waals surface area contributed by atoms with Crippen molar-refractivity contribution in [3.05, 3.63) is 29.5 Å². The Morgan fingerprint density at radius 1 is 1.22 bits per heavy atom. The maximum absolute atomic E-state index is 11.2. The molecule has 5 N–H and O–H groups in total. The molecule has 3 aromatic rings. The van der Waals surface area contributed by atoms with Gasteiger partial charge in [-0.25, -0.2) is 13.6 Å². The second-order valence-corrected chi connectivity index (χ2v) is 6.88. The van der Waals surface area contributed by atoms with Gasteiger partial charge >= 0.3 is 0 Å². The Morgan fingerprint density at radius 3 is 2.48 bits per heavy atom. The zero-order valence-electron chi connectivity index (χ0n) is 11.2. The van der Waals surface area contributed by atoms with Gasteiger partial charge in [0.15, 0.2) is 0 Å². The zero-order valence-corrected chi connectivity index (χ0v) is 13.6. The first-order chi connectivity index (χ1) is 10.8. The van der Waals surface area contributed by atoms with Crippen LogP contribution in [-0.2, 0) is 10.0 Å². The highest BCUT2D eigenvalue weighted by Crippen LogP contribution is 2.20. The van der Waals surface area contributed by atoms with Crippen molar-refractivity contribution in [1.29, 1.82) is 0 Å². The summed E-state index contributed by atoms with van der Waals surface area (Å²) in [5, 5.41) is 12.5. The highest BCUT2D eigenvalue weighted by atomic mass is 35.5. The Kier molecular flexibility index (Phi) is 3.89. The highest BCUT2D eigenvalue weighted by Gasteiger charge is 2.13. The van der Waals surface area contributed by atoms with Crippen molar-refractivity contribution < 1.29 is 8.42 Å². The molecule has 0 unspecified atom stereocenters. The number of rotatable bonds is 4. The number of nitrogens with zero attached hydrogens (tertiary/aromatic N) is 5. The number of aromatic nitrogens is 5. The molecular weight excluding hydrogens is 364 g/mol. The third-order valence-corrected chi connectivity index (χ3v) is 4.53. The maximum Gasteiger partial charge on any atom is 0.248 e. The first-order valence-corrected chi connectivity index (χ1v) is 8.65. The summed E-state index contributed by atoms with van der Waals surface area (Å²) in [6, 6.07) is 5.78. The van der Waals surface area contributed by atoms with Crippen LogP contribution in [0.1, 0.15) is 0 Å². The van der Waals surface area contributed by atoms with Gasteiger partial charge in [0.25, 0.3) is 0 Å². The van der Waals surface area contributed by atoms with Gasteiger partial charge in [0.05, 0.1) is 4.90 Å². The number of sulfonamides is 1. The van der Waals surface area contributed by atoms with Gasteiger partial charge in [-0.3, -0.25) is 0 Å². The normalized spacial score (nSPS) is 11.6. The quantitative estimate of drug-likeness (QED) is 0.605. The molecule has 10 nitrogen and oxygen atoms in total. The van der Waals surface area contributed by atoms with E-state index in [2.05, 4.69) is 24.8 Å². The van der Waals surface area contributed by atoms with Crippen molar-refractivity contribution in [1.82, 2.24) is 24.1 Å². The van der Waals surface area contributed by atoms with Gasteiger partial charge in [0.2, 0.25) is 32.3 Å². The van der Waals surface area contributed by atoms with Crippen molar-refractivity contribution in [2.24, 2.45) is 5.14 Å². The highest BCUT2D eigenvalue weighted by molar-refractivity contribution is 7.89. The lowest BCUT2D eigenvalue weighted by atomic mass is 10.3. The zero-order chi connectivity index (χ0) is 16.6. The minimum absolute atomic E-state index is 0.00422. The number of anilines is 3. The Morgan fingerprint density at radius 2 is 1.91 bits per heavy atom. The van der Waals surface area contributed by atoms with Crippen molar-refractivity contribution in [3.63, 3.8) is 0 Å². The number of nitrogens with two attached hydrogens (primary N) is 2. The Bertz CT molecular complexity index is 950. The summed E-state index contributed by atoms with van der Waals surface area (Å²) < 4.78 is 27.5. The molecule has 0 fully saturated rings. The van der Waals surface area contributed by atoms with Crippen LogP contribution < -0.4 is 16.2 Å². The van der Waals surface area contributed by atoms with E-state index in [0.717, 1.165) is 11.5 Å². The van der Waals surface area contributed by atoms with E-state index in [9.17, 15) is 8.42 Å². The molecule has 3 rings (SSSR count). The number of hydrogen-bond acceptors (Lipinski definition) is 9. The molecule has 0 spiro atoms. The van der Waals surface area contributed by atoms with E-state index in [1.165, 1.54) is 28.9 Å². The lowest BCUT2D eigenvalue weighted by molar-refractivity contribution is 0.598. The smallest absolute Gasteiger partial charge is 0.248 e. The summed E-state index contributed by atoms with van der Waals surface area (Å²) in [5.41, 5.74) is 6.33. The number of nitrogens with one attached hydrogen (secondary N) is 1. The SMILES string of the molecule is Nc1nc(Nc2ccc(S(N)(=O)=O)cc2)nn1-c1nc(Cl)ns1. The third-order valence-electron chi connectivity index (χ3n) is 2.64. The van der Waals surface area contributed by atoms with Crippen molar-refractivity contribution in [2.75, 3.05) is 11.1 Å². The first kappa shape index (κ1) is 15.6. The minimum atomic E-state index is -3.74. The second kappa shape index (κ2) is 5.73. The number of hydrogen-bond donors (Lipinski definition) is 3. The second-order valence-electron chi connectivity index (χ2n) is 4.25. The van der Waals surface area contributed by atoms with Crippen LogP contribution in [0.25, 0.3) is 5.13 Å². The Balaban J connectivity index is 1.84. The molecule has 2 heterocycles. The number of halogens is 1. The molecule has 0 atom stereocenters. The topological polar surface area (TPSA) is 155 Å². The molecule has 120 valence electrons. The summed E-state index contributed by atoms with van der Waals surface area (Å²) in [4.78, 5) is 7.98. The van der Waals surface area contributed by atoms with Gasteiger partial charge < -0.3 is 11.1 Å². The lowest BCUT2D eigenvalue weighted by Gasteiger charge is -2.02. The van der Waals surface area contributed by atoms with Crippen molar-refractivity contribution >= 4 is 50.7 Å². The number of benzene rings is 1. The molecule has 1 aromatic carbocycles. The largest absolute Gasteiger partial charge is 0.368 e. The first-order valence-electron chi connectivity index (χ1n) is 5.95. The van der Waals surface area contributed by atoms with Crippen LogP contribution in [0.2, 0.25) is 5.28 Å². The van der Waals surface area contributed by atoms with Crippen LogP contribution >= 0.6 is 23.1 Å². The standard InChI is InChI=1S/C10H9ClN8O2S2/c11-7-15-10(22-18-7)19-8(12)16-9(17-19)14-5-1-3-6(4-2-5)23(13,20)21/h1-4H,(H2,13,20,21)(H3,12,14,16,17). The van der Waals surface area contributed by atoms with Crippen LogP contribution in [0.4, 0.5) is 17.6 Å². The van der Waals surface area contributed by atoms with Gasteiger partial charge in [-0.05, 0) is 35.9 Å². The van der Waals surface area contributed by atoms with E-state index >= 15 is 0 Å². The van der Waals surface area contributed by atoms with Crippen LogP contribution in [0, 0.1) is 0 Å². The molecule has 0 aliphatic heterocycles. The summed E-state index contributed by atoms with van der Waals surface area (Å²) in [6.45, 7) is 0. The van der Waals surface area contributed by atoms with Crippen molar-refractivity contribution in [2.45, 2.75) is 4.90 Å². The molecule has 0 saturated carbocycles. The van der Waals surface area contributed by atoms with E-state index in [4.69, 9.17) is 22.5 Å². The number of nitrogen functional groups attached to an aromatic ring is 1. The van der Waals surface area contributed by atoms with Gasteiger partial charge in [-0.2, -0.15) is 19.0 Å². The summed E-state index contributed by atoms with van der Waals surface area (Å²) in [5.74, 6) is 0.304. The van der Waals surface area contributed by atoms with Crippen LogP contribution in [0.5, 0.6) is 0 Å². The molecule has 0 aliphatic carbocycles. The monoisotopic (exact) mass is 372 g/mol. The number of primary sulfonamides is 1. The molecule has 0 radical (unpaired) electrons. The summed E-state index contributed by atoms with van der Waals surface area (Å²) >= 11 is 6.68. The van der Waals surface area contributed by atoms with E-state index in [-0.39, 0.29) is 22.1 Å². The summed E-state index contributed by atoms with van der Waals surface area (Å²) in [6.07, 6.45) is 0. The lowest BCUT2D eigenvalue weighted by Crippen LogP contribution is -2.11.